The van der Waals surface area contributed by atoms with Crippen LogP contribution in [0, 0.1) is 0 Å². The molecule has 2 aromatic rings. The molecule has 134 valence electrons. The number of hydrogen-bond acceptors (Lipinski definition) is 5. The van der Waals surface area contributed by atoms with Gasteiger partial charge in [0, 0.05) is 32.4 Å². The Morgan fingerprint density at radius 3 is 2.32 bits per heavy atom. The molecule has 0 aliphatic carbocycles. The summed E-state index contributed by atoms with van der Waals surface area (Å²) < 4.78 is 31.8. The summed E-state index contributed by atoms with van der Waals surface area (Å²) in [6, 6.07) is 10.7. The van der Waals surface area contributed by atoms with Crippen LogP contribution in [0.4, 0.5) is 0 Å². The van der Waals surface area contributed by atoms with Gasteiger partial charge >= 0.3 is 0 Å². The van der Waals surface area contributed by atoms with Crippen molar-refractivity contribution in [2.75, 3.05) is 26.3 Å². The minimum atomic E-state index is -3.43. The van der Waals surface area contributed by atoms with Gasteiger partial charge in [-0.25, -0.2) is 13.4 Å². The van der Waals surface area contributed by atoms with Crippen molar-refractivity contribution in [1.82, 2.24) is 14.6 Å². The minimum Gasteiger partial charge on any atom is -0.379 e. The molecule has 1 aromatic heterocycles. The Morgan fingerprint density at radius 1 is 1.04 bits per heavy atom. The van der Waals surface area contributed by atoms with E-state index in [1.165, 1.54) is 4.31 Å². The number of nitrogens with one attached hydrogen (secondary N) is 1. The number of sulfonamides is 1. The molecule has 0 unspecified atom stereocenters. The average molecular weight is 382 g/mol. The molecule has 0 spiro atoms. The number of rotatable bonds is 6. The molecule has 1 N–H and O–H groups in total. The maximum atomic E-state index is 12.6. The second-order valence-corrected chi connectivity index (χ2v) is 8.08. The molecule has 25 heavy (non-hydrogen) atoms. The van der Waals surface area contributed by atoms with E-state index in [1.807, 2.05) is 18.2 Å². The van der Waals surface area contributed by atoms with Crippen molar-refractivity contribution in [2.24, 2.45) is 0 Å². The number of pyridine rings is 1. The van der Waals surface area contributed by atoms with Crippen molar-refractivity contribution in [2.45, 2.75) is 18.0 Å². The fourth-order valence-corrected chi connectivity index (χ4v) is 4.10. The van der Waals surface area contributed by atoms with Gasteiger partial charge in [-0.05, 0) is 29.3 Å². The van der Waals surface area contributed by atoms with Crippen LogP contribution in [-0.4, -0.2) is 44.0 Å². The number of halogens is 1. The zero-order valence-corrected chi connectivity index (χ0v) is 15.3. The summed E-state index contributed by atoms with van der Waals surface area (Å²) in [5.74, 6) is 0. The highest BCUT2D eigenvalue weighted by Gasteiger charge is 2.25. The minimum absolute atomic E-state index is 0.319. The number of ether oxygens (including phenoxy) is 1. The molecule has 1 fully saturated rings. The number of aromatic nitrogens is 1. The van der Waals surface area contributed by atoms with Crippen LogP contribution in [0.15, 0.2) is 47.5 Å². The molecular formula is C17H20ClN3O3S. The second-order valence-electron chi connectivity index (χ2n) is 5.75. The van der Waals surface area contributed by atoms with Crippen LogP contribution in [-0.2, 0) is 27.8 Å². The van der Waals surface area contributed by atoms with Crippen molar-refractivity contribution >= 4 is 21.6 Å². The Hall–Kier alpha value is -1.51. The first-order valence-corrected chi connectivity index (χ1v) is 9.85. The molecule has 6 nitrogen and oxygen atoms in total. The number of hydrogen-bond donors (Lipinski definition) is 1. The van der Waals surface area contributed by atoms with Crippen LogP contribution in [0.3, 0.4) is 0 Å². The summed E-state index contributed by atoms with van der Waals surface area (Å²) in [4.78, 5) is 4.35. The topological polar surface area (TPSA) is 71.5 Å². The molecule has 1 aromatic carbocycles. The predicted molar refractivity (Wildman–Crippen MR) is 95.8 cm³/mol. The highest BCUT2D eigenvalue weighted by atomic mass is 35.5. The van der Waals surface area contributed by atoms with E-state index in [0.29, 0.717) is 49.4 Å². The van der Waals surface area contributed by atoms with Crippen molar-refractivity contribution in [1.29, 1.82) is 0 Å². The fourth-order valence-electron chi connectivity index (χ4n) is 2.58. The maximum absolute atomic E-state index is 12.6. The first-order valence-electron chi connectivity index (χ1n) is 8.04. The molecule has 0 radical (unpaired) electrons. The zero-order valence-electron chi connectivity index (χ0n) is 13.7. The highest BCUT2D eigenvalue weighted by Crippen LogP contribution is 2.17. The second kappa shape index (κ2) is 8.25. The van der Waals surface area contributed by atoms with Gasteiger partial charge in [-0.15, -0.1) is 0 Å². The Labute approximate surface area is 152 Å². The SMILES string of the molecule is O=S(=O)(c1ccc(CNCc2ccc(Cl)nc2)cc1)N1CCOCC1. The van der Waals surface area contributed by atoms with Crippen LogP contribution in [0.5, 0.6) is 0 Å². The van der Waals surface area contributed by atoms with Crippen LogP contribution >= 0.6 is 11.6 Å². The summed E-state index contributed by atoms with van der Waals surface area (Å²) in [7, 11) is -3.43. The van der Waals surface area contributed by atoms with E-state index in [1.54, 1.807) is 24.4 Å². The van der Waals surface area contributed by atoms with Gasteiger partial charge in [-0.2, -0.15) is 4.31 Å². The number of morpholine rings is 1. The quantitative estimate of drug-likeness (QED) is 0.775. The summed E-state index contributed by atoms with van der Waals surface area (Å²) in [6.45, 7) is 3.00. The van der Waals surface area contributed by atoms with Gasteiger partial charge in [0.25, 0.3) is 0 Å². The Morgan fingerprint density at radius 2 is 1.68 bits per heavy atom. The molecule has 2 heterocycles. The van der Waals surface area contributed by atoms with Crippen LogP contribution in [0.2, 0.25) is 5.15 Å². The third kappa shape index (κ3) is 4.77. The highest BCUT2D eigenvalue weighted by molar-refractivity contribution is 7.89. The normalized spacial score (nSPS) is 16.0. The van der Waals surface area contributed by atoms with Crippen LogP contribution < -0.4 is 5.32 Å². The summed E-state index contributed by atoms with van der Waals surface area (Å²) in [5, 5.41) is 3.77. The van der Waals surface area contributed by atoms with E-state index in [2.05, 4.69) is 10.3 Å². The average Bonchev–Trinajstić information content (AvgIpc) is 2.64. The Kier molecular flexibility index (Phi) is 6.03. The molecule has 0 atom stereocenters. The Balaban J connectivity index is 1.57. The van der Waals surface area contributed by atoms with E-state index in [0.717, 1.165) is 11.1 Å². The van der Waals surface area contributed by atoms with Gasteiger partial charge in [0.1, 0.15) is 5.15 Å². The zero-order chi connectivity index (χ0) is 17.7. The van der Waals surface area contributed by atoms with Gasteiger partial charge in [0.05, 0.1) is 18.1 Å². The van der Waals surface area contributed by atoms with Gasteiger partial charge in [0.2, 0.25) is 10.0 Å². The smallest absolute Gasteiger partial charge is 0.243 e. The van der Waals surface area contributed by atoms with Crippen molar-refractivity contribution in [3.8, 4) is 0 Å². The maximum Gasteiger partial charge on any atom is 0.243 e. The fraction of sp³-hybridized carbons (Fsp3) is 0.353. The molecular weight excluding hydrogens is 362 g/mol. The third-order valence-electron chi connectivity index (χ3n) is 3.98. The van der Waals surface area contributed by atoms with Gasteiger partial charge in [-0.1, -0.05) is 29.8 Å². The molecule has 1 aliphatic rings. The predicted octanol–water partition coefficient (Wildman–Crippen LogP) is 2.05. The molecule has 1 saturated heterocycles. The lowest BCUT2D eigenvalue weighted by Crippen LogP contribution is -2.40. The summed E-state index contributed by atoms with van der Waals surface area (Å²) in [5.41, 5.74) is 2.05. The summed E-state index contributed by atoms with van der Waals surface area (Å²) in [6.07, 6.45) is 1.73. The number of benzene rings is 1. The van der Waals surface area contributed by atoms with E-state index < -0.39 is 10.0 Å². The van der Waals surface area contributed by atoms with E-state index >= 15 is 0 Å². The lowest BCUT2D eigenvalue weighted by molar-refractivity contribution is 0.0730. The largest absolute Gasteiger partial charge is 0.379 e. The monoisotopic (exact) mass is 381 g/mol. The molecule has 1 aliphatic heterocycles. The Bertz CT molecular complexity index is 789. The van der Waals surface area contributed by atoms with Gasteiger partial charge < -0.3 is 10.1 Å². The van der Waals surface area contributed by atoms with E-state index in [-0.39, 0.29) is 0 Å². The third-order valence-corrected chi connectivity index (χ3v) is 6.11. The van der Waals surface area contributed by atoms with Crippen molar-refractivity contribution in [3.63, 3.8) is 0 Å². The van der Waals surface area contributed by atoms with E-state index in [4.69, 9.17) is 16.3 Å². The molecule has 8 heteroatoms. The lowest BCUT2D eigenvalue weighted by Gasteiger charge is -2.26. The van der Waals surface area contributed by atoms with Crippen molar-refractivity contribution < 1.29 is 13.2 Å². The van der Waals surface area contributed by atoms with Gasteiger partial charge in [0.15, 0.2) is 0 Å². The first-order chi connectivity index (χ1) is 12.1. The van der Waals surface area contributed by atoms with Gasteiger partial charge in [-0.3, -0.25) is 0 Å². The number of nitrogens with zero attached hydrogens (tertiary/aromatic N) is 2. The van der Waals surface area contributed by atoms with Crippen molar-refractivity contribution in [3.05, 3.63) is 58.9 Å². The first kappa shape index (κ1) is 18.3. The van der Waals surface area contributed by atoms with Crippen LogP contribution in [0.25, 0.3) is 0 Å². The molecule has 0 amide bonds. The summed E-state index contributed by atoms with van der Waals surface area (Å²) >= 11 is 5.76. The standard InChI is InChI=1S/C17H20ClN3O3S/c18-17-6-3-15(13-20-17)12-19-11-14-1-4-16(5-2-14)25(22,23)21-7-9-24-10-8-21/h1-6,13,19H,7-12H2. The van der Waals surface area contributed by atoms with E-state index in [9.17, 15) is 8.42 Å². The molecule has 3 rings (SSSR count). The lowest BCUT2D eigenvalue weighted by atomic mass is 10.2. The molecule has 0 bridgehead atoms. The molecule has 0 saturated carbocycles. The van der Waals surface area contributed by atoms with Crippen LogP contribution in [0.1, 0.15) is 11.1 Å².